The minimum absolute atomic E-state index is 0.0223. The summed E-state index contributed by atoms with van der Waals surface area (Å²) >= 11 is 0. The number of aromatic nitrogens is 3. The minimum Gasteiger partial charge on any atom is -0.477 e. The van der Waals surface area contributed by atoms with Crippen LogP contribution < -0.4 is 30.1 Å². The molecule has 2 aromatic carbocycles. The summed E-state index contributed by atoms with van der Waals surface area (Å²) in [6.07, 6.45) is 5.03. The van der Waals surface area contributed by atoms with Gasteiger partial charge in [-0.25, -0.2) is 13.5 Å². The van der Waals surface area contributed by atoms with Crippen LogP contribution in [-0.2, 0) is 16.6 Å². The molecule has 0 radical (unpaired) electrons. The van der Waals surface area contributed by atoms with E-state index in [0.717, 1.165) is 61.4 Å². The van der Waals surface area contributed by atoms with Crippen molar-refractivity contribution < 1.29 is 33.0 Å². The molecule has 3 saturated heterocycles. The van der Waals surface area contributed by atoms with Crippen molar-refractivity contribution in [1.82, 2.24) is 25.0 Å². The predicted octanol–water partition coefficient (Wildman–Crippen LogP) is 4.98. The van der Waals surface area contributed by atoms with Crippen LogP contribution in [0.25, 0.3) is 11.3 Å². The first kappa shape index (κ1) is 41.4. The summed E-state index contributed by atoms with van der Waals surface area (Å²) in [7, 11) is 1.83. The van der Waals surface area contributed by atoms with Crippen molar-refractivity contribution in [2.24, 2.45) is 18.0 Å². The zero-order valence-corrected chi connectivity index (χ0v) is 35.2. The normalized spacial score (nSPS) is 23.6. The van der Waals surface area contributed by atoms with Gasteiger partial charge in [-0.2, -0.15) is 10.1 Å². The Morgan fingerprint density at radius 3 is 2.45 bits per heavy atom. The maximum Gasteiger partial charge on any atom is 0.280 e. The lowest BCUT2D eigenvalue weighted by Gasteiger charge is -2.48. The summed E-state index contributed by atoms with van der Waals surface area (Å²) in [5.74, 6) is -2.79. The molecule has 3 fully saturated rings. The van der Waals surface area contributed by atoms with E-state index in [1.165, 1.54) is 12.1 Å². The highest BCUT2D eigenvalue weighted by molar-refractivity contribution is 6.19. The van der Waals surface area contributed by atoms with Gasteiger partial charge in [0.25, 0.3) is 5.91 Å². The number of piperidine rings is 2. The van der Waals surface area contributed by atoms with Gasteiger partial charge in [0.15, 0.2) is 0 Å². The molecule has 0 aliphatic carbocycles. The number of anilines is 4. The van der Waals surface area contributed by atoms with Crippen LogP contribution in [0, 0.1) is 24.5 Å². The lowest BCUT2D eigenvalue weighted by Crippen LogP contribution is -2.59. The van der Waals surface area contributed by atoms with Gasteiger partial charge in [-0.3, -0.25) is 29.6 Å². The van der Waals surface area contributed by atoms with E-state index >= 15 is 8.78 Å². The fourth-order valence-corrected chi connectivity index (χ4v) is 9.75. The average Bonchev–Trinajstić information content (AvgIpc) is 3.79. The number of carbonyl (C=O) groups is 3. The lowest BCUT2D eigenvalue weighted by molar-refractivity contribution is -0.134. The number of guanidine groups is 1. The second-order valence-corrected chi connectivity index (χ2v) is 17.2. The van der Waals surface area contributed by atoms with Crippen molar-refractivity contribution in [3.8, 4) is 17.1 Å². The topological polar surface area (TPSA) is 161 Å². The fourth-order valence-electron chi connectivity index (χ4n) is 9.75. The number of piperazine rings is 1. The summed E-state index contributed by atoms with van der Waals surface area (Å²) in [5.41, 5.74) is 5.34. The number of carbonyl (C=O) groups excluding carboxylic acids is 3. The number of fused-ring (bicyclic) bond motifs is 7. The van der Waals surface area contributed by atoms with Gasteiger partial charge in [0, 0.05) is 87.0 Å². The maximum atomic E-state index is 15.4. The first-order chi connectivity index (χ1) is 29.9. The van der Waals surface area contributed by atoms with E-state index in [4.69, 9.17) is 9.72 Å². The van der Waals surface area contributed by atoms with Crippen LogP contribution in [-0.4, -0.2) is 113 Å². The number of aliphatic hydroxyl groups excluding tert-OH is 1. The zero-order valence-electron chi connectivity index (χ0n) is 35.2. The Kier molecular flexibility index (Phi) is 11.4. The first-order valence-corrected chi connectivity index (χ1v) is 21.6. The first-order valence-electron chi connectivity index (χ1n) is 21.6. The number of aryl methyl sites for hydroxylation is 2. The monoisotopic (exact) mass is 850 g/mol. The number of nitrogens with one attached hydrogen (secondary N) is 2. The molecular weight excluding hydrogens is 799 g/mol. The number of ether oxygens (including phenoxy) is 1. The molecule has 2 bridgehead atoms. The minimum atomic E-state index is -1.04. The quantitative estimate of drug-likeness (QED) is 0.232. The van der Waals surface area contributed by atoms with Crippen LogP contribution in [0.2, 0.25) is 0 Å². The number of benzene rings is 2. The van der Waals surface area contributed by atoms with Crippen LogP contribution in [0.1, 0.15) is 73.0 Å². The summed E-state index contributed by atoms with van der Waals surface area (Å²) in [5, 5.41) is 20.7. The molecule has 2 aromatic heterocycles. The molecule has 7 heterocycles. The molecule has 0 spiro atoms. The van der Waals surface area contributed by atoms with E-state index in [1.54, 1.807) is 23.0 Å². The van der Waals surface area contributed by atoms with Crippen molar-refractivity contribution in [1.29, 1.82) is 0 Å². The van der Waals surface area contributed by atoms with Gasteiger partial charge in [-0.05, 0) is 87.4 Å². The van der Waals surface area contributed by atoms with Crippen molar-refractivity contribution in [2.45, 2.75) is 70.4 Å². The van der Waals surface area contributed by atoms with Gasteiger partial charge in [0.1, 0.15) is 11.6 Å². The predicted molar refractivity (Wildman–Crippen MR) is 231 cm³/mol. The number of aliphatic imine (C=N–C) groups is 1. The van der Waals surface area contributed by atoms with E-state index in [-0.39, 0.29) is 48.9 Å². The SMILES string of the molecule is Cc1cc2cc(n1)-c1cnn(C)c1OCCC[C@@H](C)CN1/C(=N/C2=O)Nc2ccc(N3CCN(C4CCN(c5cc(F)c([C@H]6CCC(=O)NC6=O)c(F)c5)CC4)[C@@H](CO)C3)cc21. The molecule has 5 aliphatic rings. The molecule has 62 heavy (non-hydrogen) atoms. The van der Waals surface area contributed by atoms with E-state index in [0.29, 0.717) is 67.3 Å². The smallest absolute Gasteiger partial charge is 0.280 e. The molecular formula is C45H52F2N10O5. The number of imide groups is 1. The van der Waals surface area contributed by atoms with Gasteiger partial charge in [-0.15, -0.1) is 0 Å². The van der Waals surface area contributed by atoms with Crippen LogP contribution in [0.3, 0.4) is 0 Å². The third-order valence-electron chi connectivity index (χ3n) is 13.0. The number of rotatable bonds is 5. The number of hydrogen-bond donors (Lipinski definition) is 3. The van der Waals surface area contributed by atoms with Crippen LogP contribution in [0.5, 0.6) is 5.88 Å². The summed E-state index contributed by atoms with van der Waals surface area (Å²) < 4.78 is 38.7. The second-order valence-electron chi connectivity index (χ2n) is 17.2. The fraction of sp³-hybridized carbons (Fsp3) is 0.467. The van der Waals surface area contributed by atoms with Crippen molar-refractivity contribution >= 4 is 46.4 Å². The number of halogens is 2. The highest BCUT2D eigenvalue weighted by atomic mass is 19.1. The third-order valence-corrected chi connectivity index (χ3v) is 13.0. The Balaban J connectivity index is 0.886. The van der Waals surface area contributed by atoms with E-state index in [1.807, 2.05) is 24.9 Å². The van der Waals surface area contributed by atoms with Gasteiger partial charge >= 0.3 is 0 Å². The molecule has 0 saturated carbocycles. The van der Waals surface area contributed by atoms with Crippen LogP contribution in [0.4, 0.5) is 31.5 Å². The zero-order chi connectivity index (χ0) is 43.2. The molecule has 0 unspecified atom stereocenters. The van der Waals surface area contributed by atoms with Crippen molar-refractivity contribution in [2.75, 3.05) is 72.5 Å². The van der Waals surface area contributed by atoms with E-state index < -0.39 is 29.4 Å². The van der Waals surface area contributed by atoms with Gasteiger partial charge in [0.05, 0.1) is 54.0 Å². The standard InChI is InChI=1S/C45H52F2N10O5/c1-26-5-4-16-62-44-34(22-48-53(44)3)38-18-28(17-27(2)49-38)42(60)52-45-50-37-8-6-30(21-39(37)57(45)23-26)55-14-15-56(32(24-55)25-58)29-10-12-54(13-11-29)31-19-35(46)41(36(47)20-31)33-7-9-40(59)51-43(33)61/h6,8,17-22,26,29,32-33,58H,4-5,7,9-16,23-25H2,1-3H3,(H,50,52,60)(H,51,59,61)/t26-,32-,33-/m1/s1. The van der Waals surface area contributed by atoms with Gasteiger partial charge < -0.3 is 29.9 Å². The number of hydrogen-bond acceptors (Lipinski definition) is 12. The Morgan fingerprint density at radius 1 is 0.903 bits per heavy atom. The highest BCUT2D eigenvalue weighted by Crippen LogP contribution is 2.39. The summed E-state index contributed by atoms with van der Waals surface area (Å²) in [6, 6.07) is 12.4. The molecule has 3 atom stereocenters. The number of pyridine rings is 1. The molecule has 17 heteroatoms. The maximum absolute atomic E-state index is 15.4. The highest BCUT2D eigenvalue weighted by Gasteiger charge is 2.37. The molecule has 4 aromatic rings. The average molecular weight is 851 g/mol. The molecule has 15 nitrogen and oxygen atoms in total. The molecule has 3 N–H and O–H groups in total. The molecule has 5 aliphatic heterocycles. The molecule has 326 valence electrons. The second kappa shape index (κ2) is 17.1. The number of nitrogens with zero attached hydrogens (tertiary/aromatic N) is 8. The summed E-state index contributed by atoms with van der Waals surface area (Å²) in [4.78, 5) is 55.9. The third kappa shape index (κ3) is 8.10. The van der Waals surface area contributed by atoms with E-state index in [9.17, 15) is 19.5 Å². The molecule has 3 amide bonds. The Labute approximate surface area is 358 Å². The largest absolute Gasteiger partial charge is 0.477 e. The Bertz CT molecular complexity index is 2410. The number of amides is 3. The van der Waals surface area contributed by atoms with Crippen molar-refractivity contribution in [3.63, 3.8) is 0 Å². The Morgan fingerprint density at radius 2 is 1.69 bits per heavy atom. The van der Waals surface area contributed by atoms with Crippen LogP contribution in [0.15, 0.2) is 53.7 Å². The van der Waals surface area contributed by atoms with Crippen LogP contribution >= 0.6 is 0 Å². The lowest BCUT2D eigenvalue weighted by atomic mass is 9.89. The number of aliphatic hydroxyl groups is 1. The van der Waals surface area contributed by atoms with Crippen molar-refractivity contribution in [3.05, 3.63) is 77.1 Å². The van der Waals surface area contributed by atoms with Gasteiger partial charge in [-0.1, -0.05) is 6.92 Å². The molecule has 9 rings (SSSR count). The summed E-state index contributed by atoms with van der Waals surface area (Å²) in [6.45, 7) is 8.39. The Hall–Kier alpha value is -5.94. The van der Waals surface area contributed by atoms with Gasteiger partial charge in [0.2, 0.25) is 23.7 Å². The van der Waals surface area contributed by atoms with E-state index in [2.05, 4.69) is 54.5 Å².